The lowest BCUT2D eigenvalue weighted by Crippen LogP contribution is -2.47. The number of carbonyl (C=O) groups excluding carboxylic acids is 1. The monoisotopic (exact) mass is 433 g/mol. The molecule has 1 aliphatic carbocycles. The number of piperidine rings is 1. The van der Waals surface area contributed by atoms with E-state index in [1.807, 2.05) is 0 Å². The number of carbonyl (C=O) groups is 1. The fraction of sp³-hybridized carbons (Fsp3) is 0.611. The topological polar surface area (TPSA) is 106 Å². The summed E-state index contributed by atoms with van der Waals surface area (Å²) in [5.74, 6) is 0.226. The molecule has 1 saturated heterocycles. The van der Waals surface area contributed by atoms with Crippen molar-refractivity contribution in [3.05, 3.63) is 18.2 Å². The lowest BCUT2D eigenvalue weighted by Gasteiger charge is -2.35. The third kappa shape index (κ3) is 5.15. The van der Waals surface area contributed by atoms with Gasteiger partial charge in [0.05, 0.1) is 29.7 Å². The van der Waals surface area contributed by atoms with E-state index in [4.69, 9.17) is 9.47 Å². The molecule has 1 aromatic rings. The van der Waals surface area contributed by atoms with Gasteiger partial charge in [0, 0.05) is 13.2 Å². The van der Waals surface area contributed by atoms with E-state index < -0.39 is 15.4 Å². The number of benzene rings is 1. The Kier molecular flexibility index (Phi) is 7.69. The van der Waals surface area contributed by atoms with Crippen molar-refractivity contribution in [2.75, 3.05) is 39.2 Å². The number of ether oxygens (including phenoxy) is 2. The summed E-state index contributed by atoms with van der Waals surface area (Å²) >= 11 is 0. The Morgan fingerprint density at radius 3 is 2.50 bits per heavy atom. The molecule has 1 amide bonds. The zero-order chi connectivity index (χ0) is 19.5. The first kappa shape index (κ1) is 22.9. The minimum Gasteiger partial charge on any atom is -0.495 e. The predicted molar refractivity (Wildman–Crippen MR) is 109 cm³/mol. The van der Waals surface area contributed by atoms with Crippen LogP contribution in [0.5, 0.6) is 5.75 Å². The third-order valence-electron chi connectivity index (χ3n) is 5.09. The van der Waals surface area contributed by atoms with Gasteiger partial charge in [-0.15, -0.1) is 12.4 Å². The van der Waals surface area contributed by atoms with Gasteiger partial charge in [-0.3, -0.25) is 4.79 Å². The number of sulfonamides is 1. The molecule has 2 aliphatic rings. The van der Waals surface area contributed by atoms with Crippen LogP contribution in [-0.4, -0.2) is 54.3 Å². The maximum atomic E-state index is 13.1. The Morgan fingerprint density at radius 2 is 1.93 bits per heavy atom. The van der Waals surface area contributed by atoms with Crippen LogP contribution in [0.4, 0.5) is 5.69 Å². The van der Waals surface area contributed by atoms with Crippen LogP contribution in [0, 0.1) is 5.41 Å². The van der Waals surface area contributed by atoms with Gasteiger partial charge in [-0.2, -0.15) is 0 Å². The normalized spacial score (nSPS) is 18.8. The molecule has 0 radical (unpaired) electrons. The number of hydrogen-bond acceptors (Lipinski definition) is 6. The summed E-state index contributed by atoms with van der Waals surface area (Å²) in [6, 6.07) is 4.50. The van der Waals surface area contributed by atoms with Gasteiger partial charge in [-0.1, -0.05) is 0 Å². The summed E-state index contributed by atoms with van der Waals surface area (Å²) in [6.07, 6.45) is 3.01. The molecule has 10 heteroatoms. The lowest BCUT2D eigenvalue weighted by molar-refractivity contribution is -0.130. The number of nitrogens with one attached hydrogen (secondary N) is 3. The minimum absolute atomic E-state index is 0. The molecule has 0 atom stereocenters. The van der Waals surface area contributed by atoms with Gasteiger partial charge < -0.3 is 20.1 Å². The molecule has 158 valence electrons. The largest absolute Gasteiger partial charge is 0.495 e. The molecule has 1 aliphatic heterocycles. The molecule has 2 fully saturated rings. The summed E-state index contributed by atoms with van der Waals surface area (Å²) in [7, 11) is -0.561. The number of hydrogen-bond donors (Lipinski definition) is 3. The quantitative estimate of drug-likeness (QED) is 0.574. The highest BCUT2D eigenvalue weighted by molar-refractivity contribution is 7.89. The maximum Gasteiger partial charge on any atom is 0.240 e. The van der Waals surface area contributed by atoms with E-state index in [-0.39, 0.29) is 29.3 Å². The molecule has 3 rings (SSSR count). The first-order chi connectivity index (χ1) is 12.9. The predicted octanol–water partition coefficient (Wildman–Crippen LogP) is 1.51. The second-order valence-corrected chi connectivity index (χ2v) is 8.89. The first-order valence-corrected chi connectivity index (χ1v) is 10.6. The zero-order valence-electron chi connectivity index (χ0n) is 16.1. The smallest absolute Gasteiger partial charge is 0.240 e. The average Bonchev–Trinajstić information content (AvgIpc) is 3.46. The molecular weight excluding hydrogens is 406 g/mol. The summed E-state index contributed by atoms with van der Waals surface area (Å²) in [6.45, 7) is 1.77. The Hall–Kier alpha value is -1.39. The molecule has 8 nitrogen and oxygen atoms in total. The SMILES string of the molecule is COCC1(C(=O)Nc2cc(S(=O)(=O)NC3CC3)ccc2OC)CCNCC1.Cl. The zero-order valence-corrected chi connectivity index (χ0v) is 17.7. The standard InChI is InChI=1S/C18H27N3O5S.ClH/c1-25-12-18(7-9-19-10-8-18)17(22)20-15-11-14(5-6-16(15)26-2)27(23,24)21-13-3-4-13;/h5-6,11,13,19,21H,3-4,7-10,12H2,1-2H3,(H,20,22);1H. The summed E-state index contributed by atoms with van der Waals surface area (Å²) < 4.78 is 38.3. The Balaban J connectivity index is 0.00000280. The van der Waals surface area contributed by atoms with Crippen LogP contribution in [0.3, 0.4) is 0 Å². The van der Waals surface area contributed by atoms with E-state index in [2.05, 4.69) is 15.4 Å². The van der Waals surface area contributed by atoms with Gasteiger partial charge in [0.2, 0.25) is 15.9 Å². The van der Waals surface area contributed by atoms with Crippen LogP contribution in [0.1, 0.15) is 25.7 Å². The van der Waals surface area contributed by atoms with E-state index in [0.29, 0.717) is 30.9 Å². The van der Waals surface area contributed by atoms with Crippen molar-refractivity contribution in [3.63, 3.8) is 0 Å². The Labute approximate surface area is 172 Å². The molecule has 1 aromatic carbocycles. The third-order valence-corrected chi connectivity index (χ3v) is 6.61. The van der Waals surface area contributed by atoms with Crippen molar-refractivity contribution < 1.29 is 22.7 Å². The van der Waals surface area contributed by atoms with Crippen molar-refractivity contribution in [1.29, 1.82) is 0 Å². The number of halogens is 1. The summed E-state index contributed by atoms with van der Waals surface area (Å²) in [5.41, 5.74) is -0.304. The van der Waals surface area contributed by atoms with Crippen LogP contribution in [-0.2, 0) is 19.6 Å². The highest BCUT2D eigenvalue weighted by Crippen LogP contribution is 2.34. The number of anilines is 1. The number of methoxy groups -OCH3 is 2. The van der Waals surface area contributed by atoms with Crippen LogP contribution >= 0.6 is 12.4 Å². The highest BCUT2D eigenvalue weighted by atomic mass is 35.5. The Morgan fingerprint density at radius 1 is 1.25 bits per heavy atom. The van der Waals surface area contributed by atoms with Crippen molar-refractivity contribution >= 4 is 34.0 Å². The molecule has 0 bridgehead atoms. The van der Waals surface area contributed by atoms with E-state index in [1.54, 1.807) is 13.2 Å². The first-order valence-electron chi connectivity index (χ1n) is 9.12. The van der Waals surface area contributed by atoms with E-state index in [1.165, 1.54) is 19.2 Å². The lowest BCUT2D eigenvalue weighted by atomic mass is 9.78. The molecule has 0 spiro atoms. The molecule has 28 heavy (non-hydrogen) atoms. The number of amides is 1. The Bertz CT molecular complexity index is 787. The number of rotatable bonds is 8. The van der Waals surface area contributed by atoms with Gasteiger partial charge >= 0.3 is 0 Å². The molecule has 1 heterocycles. The molecule has 3 N–H and O–H groups in total. The van der Waals surface area contributed by atoms with Crippen LogP contribution in [0.2, 0.25) is 0 Å². The second-order valence-electron chi connectivity index (χ2n) is 7.18. The van der Waals surface area contributed by atoms with E-state index >= 15 is 0 Å². The molecule has 0 aromatic heterocycles. The van der Waals surface area contributed by atoms with Crippen molar-refractivity contribution in [2.24, 2.45) is 5.41 Å². The minimum atomic E-state index is -3.62. The second kappa shape index (κ2) is 9.41. The van der Waals surface area contributed by atoms with Crippen molar-refractivity contribution in [3.8, 4) is 5.75 Å². The summed E-state index contributed by atoms with van der Waals surface area (Å²) in [5, 5.41) is 6.12. The molecular formula is C18H28ClN3O5S. The fourth-order valence-electron chi connectivity index (χ4n) is 3.31. The van der Waals surface area contributed by atoms with Crippen molar-refractivity contribution in [1.82, 2.24) is 10.0 Å². The fourth-order valence-corrected chi connectivity index (χ4v) is 4.64. The van der Waals surface area contributed by atoms with Gasteiger partial charge in [-0.05, 0) is 57.0 Å². The van der Waals surface area contributed by atoms with Crippen LogP contribution < -0.4 is 20.1 Å². The van der Waals surface area contributed by atoms with Gasteiger partial charge in [0.1, 0.15) is 5.75 Å². The van der Waals surface area contributed by atoms with E-state index in [0.717, 1.165) is 25.9 Å². The van der Waals surface area contributed by atoms with Gasteiger partial charge in [0.25, 0.3) is 0 Å². The van der Waals surface area contributed by atoms with Gasteiger partial charge in [0.15, 0.2) is 0 Å². The summed E-state index contributed by atoms with van der Waals surface area (Å²) in [4.78, 5) is 13.2. The molecule has 0 unspecified atom stereocenters. The van der Waals surface area contributed by atoms with Gasteiger partial charge in [-0.25, -0.2) is 13.1 Å². The highest BCUT2D eigenvalue weighted by Gasteiger charge is 2.40. The average molecular weight is 434 g/mol. The van der Waals surface area contributed by atoms with E-state index in [9.17, 15) is 13.2 Å². The molecule has 1 saturated carbocycles. The van der Waals surface area contributed by atoms with Crippen molar-refractivity contribution in [2.45, 2.75) is 36.6 Å². The maximum absolute atomic E-state index is 13.1. The van der Waals surface area contributed by atoms with Crippen LogP contribution in [0.15, 0.2) is 23.1 Å². The van der Waals surface area contributed by atoms with Crippen LogP contribution in [0.25, 0.3) is 0 Å².